The molecule has 0 aromatic heterocycles. The van der Waals surface area contributed by atoms with E-state index in [1.54, 1.807) is 19.1 Å². The molecule has 16 heavy (non-hydrogen) atoms. The number of nitrogens with one attached hydrogen (secondary N) is 1. The second-order valence-corrected chi connectivity index (χ2v) is 3.60. The molecule has 0 saturated carbocycles. The van der Waals surface area contributed by atoms with Crippen molar-refractivity contribution in [2.75, 3.05) is 13.2 Å². The average Bonchev–Trinajstić information content (AvgIpc) is 2.26. The maximum Gasteiger partial charge on any atom is 0.272 e. The molecule has 1 N–H and O–H groups in total. The van der Waals surface area contributed by atoms with Crippen molar-refractivity contribution in [2.24, 2.45) is 0 Å². The second-order valence-electron chi connectivity index (χ2n) is 3.60. The maximum absolute atomic E-state index is 11.8. The Morgan fingerprint density at radius 1 is 1.50 bits per heavy atom. The van der Waals surface area contributed by atoms with Gasteiger partial charge in [-0.25, -0.2) is 0 Å². The van der Waals surface area contributed by atoms with Crippen LogP contribution in [0.15, 0.2) is 18.2 Å². The molecule has 0 aliphatic carbocycles. The van der Waals surface area contributed by atoms with Crippen LogP contribution >= 0.6 is 0 Å². The van der Waals surface area contributed by atoms with Crippen LogP contribution in [0.2, 0.25) is 0 Å². The van der Waals surface area contributed by atoms with Gasteiger partial charge in [0.05, 0.1) is 11.6 Å². The molecule has 1 aromatic rings. The summed E-state index contributed by atoms with van der Waals surface area (Å²) >= 11 is 0. The zero-order valence-electron chi connectivity index (χ0n) is 9.20. The van der Waals surface area contributed by atoms with Gasteiger partial charge in [-0.1, -0.05) is 12.1 Å². The van der Waals surface area contributed by atoms with Gasteiger partial charge in [0.25, 0.3) is 5.69 Å². The maximum atomic E-state index is 11.8. The molecular weight excluding hydrogens is 211 g/mol. The van der Waals surface area contributed by atoms with Gasteiger partial charge in [0.2, 0.25) is 0 Å². The number of aryl methyl sites for hydroxylation is 1. The standard InChI is InChI=1S/C11H15FN2O2/c1-9-3-4-10(7-11(9)14(15)16)8-13-6-2-5-12/h3-4,7,13H,2,5-6,8H2,1H3. The van der Waals surface area contributed by atoms with Crippen LogP contribution in [0.25, 0.3) is 0 Å². The van der Waals surface area contributed by atoms with Crippen molar-refractivity contribution >= 4 is 5.69 Å². The van der Waals surface area contributed by atoms with Crippen LogP contribution in [-0.4, -0.2) is 18.1 Å². The molecular formula is C11H15FN2O2. The van der Waals surface area contributed by atoms with E-state index in [2.05, 4.69) is 5.32 Å². The van der Waals surface area contributed by atoms with Gasteiger partial charge in [-0.2, -0.15) is 0 Å². The molecule has 1 aromatic carbocycles. The molecule has 0 saturated heterocycles. The summed E-state index contributed by atoms with van der Waals surface area (Å²) in [6, 6.07) is 5.12. The van der Waals surface area contributed by atoms with E-state index in [0.29, 0.717) is 25.1 Å². The normalized spacial score (nSPS) is 10.4. The van der Waals surface area contributed by atoms with E-state index < -0.39 is 0 Å². The van der Waals surface area contributed by atoms with Crippen LogP contribution < -0.4 is 5.32 Å². The molecule has 0 atom stereocenters. The molecule has 0 radical (unpaired) electrons. The third-order valence-corrected chi connectivity index (χ3v) is 2.29. The first kappa shape index (κ1) is 12.6. The number of nitro benzene ring substituents is 1. The molecule has 0 fully saturated rings. The average molecular weight is 226 g/mol. The number of hydrogen-bond donors (Lipinski definition) is 1. The number of nitro groups is 1. The number of benzene rings is 1. The highest BCUT2D eigenvalue weighted by Crippen LogP contribution is 2.18. The van der Waals surface area contributed by atoms with E-state index in [1.807, 2.05) is 6.07 Å². The van der Waals surface area contributed by atoms with Gasteiger partial charge in [0, 0.05) is 18.2 Å². The monoisotopic (exact) mass is 226 g/mol. The summed E-state index contributed by atoms with van der Waals surface area (Å²) in [5, 5.41) is 13.7. The molecule has 0 heterocycles. The highest BCUT2D eigenvalue weighted by Gasteiger charge is 2.10. The lowest BCUT2D eigenvalue weighted by atomic mass is 10.1. The lowest BCUT2D eigenvalue weighted by Gasteiger charge is -2.04. The molecule has 0 aliphatic rings. The number of alkyl halides is 1. The van der Waals surface area contributed by atoms with Gasteiger partial charge < -0.3 is 5.32 Å². The van der Waals surface area contributed by atoms with Gasteiger partial charge >= 0.3 is 0 Å². The fraction of sp³-hybridized carbons (Fsp3) is 0.455. The van der Waals surface area contributed by atoms with Gasteiger partial charge in [-0.15, -0.1) is 0 Å². The van der Waals surface area contributed by atoms with Crippen molar-refractivity contribution in [2.45, 2.75) is 19.9 Å². The topological polar surface area (TPSA) is 55.2 Å². The van der Waals surface area contributed by atoms with Crippen molar-refractivity contribution < 1.29 is 9.31 Å². The number of rotatable bonds is 6. The molecule has 4 nitrogen and oxygen atoms in total. The Labute approximate surface area is 93.6 Å². The highest BCUT2D eigenvalue weighted by molar-refractivity contribution is 5.42. The molecule has 5 heteroatoms. The number of hydrogen-bond acceptors (Lipinski definition) is 3. The Morgan fingerprint density at radius 2 is 2.25 bits per heavy atom. The van der Waals surface area contributed by atoms with E-state index >= 15 is 0 Å². The summed E-state index contributed by atoms with van der Waals surface area (Å²) < 4.78 is 11.8. The fourth-order valence-electron chi connectivity index (χ4n) is 1.39. The van der Waals surface area contributed by atoms with Crippen LogP contribution in [0, 0.1) is 17.0 Å². The minimum Gasteiger partial charge on any atom is -0.313 e. The quantitative estimate of drug-likeness (QED) is 0.460. The summed E-state index contributed by atoms with van der Waals surface area (Å²) in [5.41, 5.74) is 1.62. The van der Waals surface area contributed by atoms with Crippen LogP contribution in [0.1, 0.15) is 17.5 Å². The largest absolute Gasteiger partial charge is 0.313 e. The summed E-state index contributed by atoms with van der Waals surface area (Å²) in [4.78, 5) is 10.3. The first-order chi connectivity index (χ1) is 7.65. The first-order valence-corrected chi connectivity index (χ1v) is 5.15. The molecule has 88 valence electrons. The van der Waals surface area contributed by atoms with Crippen LogP contribution in [0.4, 0.5) is 10.1 Å². The number of nitrogens with zero attached hydrogens (tertiary/aromatic N) is 1. The van der Waals surface area contributed by atoms with Crippen molar-refractivity contribution in [3.05, 3.63) is 39.4 Å². The second kappa shape index (κ2) is 6.17. The molecule has 0 aliphatic heterocycles. The predicted molar refractivity (Wildman–Crippen MR) is 60.1 cm³/mol. The van der Waals surface area contributed by atoms with E-state index in [4.69, 9.17) is 0 Å². The summed E-state index contributed by atoms with van der Waals surface area (Å²) in [6.45, 7) is 2.47. The van der Waals surface area contributed by atoms with Crippen molar-refractivity contribution in [1.29, 1.82) is 0 Å². The molecule has 0 unspecified atom stereocenters. The van der Waals surface area contributed by atoms with Gasteiger partial charge in [-0.3, -0.25) is 14.5 Å². The zero-order chi connectivity index (χ0) is 12.0. The zero-order valence-corrected chi connectivity index (χ0v) is 9.20. The fourth-order valence-corrected chi connectivity index (χ4v) is 1.39. The Bertz CT molecular complexity index is 369. The van der Waals surface area contributed by atoms with Crippen LogP contribution in [-0.2, 0) is 6.54 Å². The SMILES string of the molecule is Cc1ccc(CNCCCF)cc1[N+](=O)[O-]. The predicted octanol–water partition coefficient (Wildman–Crippen LogP) is 2.35. The van der Waals surface area contributed by atoms with Gasteiger partial charge in [-0.05, 0) is 25.5 Å². The molecule has 1 rings (SSSR count). The van der Waals surface area contributed by atoms with Crippen LogP contribution in [0.5, 0.6) is 0 Å². The van der Waals surface area contributed by atoms with Gasteiger partial charge in [0.1, 0.15) is 0 Å². The van der Waals surface area contributed by atoms with Crippen molar-refractivity contribution in [3.63, 3.8) is 0 Å². The van der Waals surface area contributed by atoms with Gasteiger partial charge in [0.15, 0.2) is 0 Å². The third-order valence-electron chi connectivity index (χ3n) is 2.29. The Kier molecular flexibility index (Phi) is 4.85. The van der Waals surface area contributed by atoms with Crippen LogP contribution in [0.3, 0.4) is 0 Å². The van der Waals surface area contributed by atoms with E-state index in [0.717, 1.165) is 5.56 Å². The molecule has 0 spiro atoms. The summed E-state index contributed by atoms with van der Waals surface area (Å²) in [5.74, 6) is 0. The van der Waals surface area contributed by atoms with E-state index in [9.17, 15) is 14.5 Å². The smallest absolute Gasteiger partial charge is 0.272 e. The summed E-state index contributed by atoms with van der Waals surface area (Å²) in [7, 11) is 0. The molecule has 0 amide bonds. The lowest BCUT2D eigenvalue weighted by Crippen LogP contribution is -2.15. The Morgan fingerprint density at radius 3 is 2.88 bits per heavy atom. The lowest BCUT2D eigenvalue weighted by molar-refractivity contribution is -0.385. The molecule has 0 bridgehead atoms. The Hall–Kier alpha value is -1.49. The van der Waals surface area contributed by atoms with Crippen molar-refractivity contribution in [1.82, 2.24) is 5.32 Å². The van der Waals surface area contributed by atoms with Crippen molar-refractivity contribution in [3.8, 4) is 0 Å². The summed E-state index contributed by atoms with van der Waals surface area (Å²) in [6.07, 6.45) is 0.466. The Balaban J connectivity index is 2.61. The van der Waals surface area contributed by atoms with E-state index in [1.165, 1.54) is 0 Å². The third kappa shape index (κ3) is 3.58. The minimum absolute atomic E-state index is 0.129. The van der Waals surface area contributed by atoms with E-state index in [-0.39, 0.29) is 17.3 Å². The first-order valence-electron chi connectivity index (χ1n) is 5.15. The highest BCUT2D eigenvalue weighted by atomic mass is 19.1. The minimum atomic E-state index is -0.388. The number of halogens is 1.